The topological polar surface area (TPSA) is 40.5 Å². The lowest BCUT2D eigenvalue weighted by molar-refractivity contribution is 0.117. The standard InChI is InChI=1S/C38H51O2/c1-28(24-32-14-19-36(39)20-15-32)26-35(27-29(2)25-33-16-21-37(40)22-17-33)30(3)38(34-12-8-5-9-13-34)23-18-31-10-6-4-7-11-31/h5,8-9,12-15,19-20,24-25,31,33,37,39-40H,4,6-7,10-11,16-18,21-23,26-27H2,1-3H3/b28-24+,29-25+,38-30+/t33-,37-. The predicted octanol–water partition coefficient (Wildman–Crippen LogP) is 10.5. The van der Waals surface area contributed by atoms with Gasteiger partial charge in [-0.1, -0.05) is 103 Å². The summed E-state index contributed by atoms with van der Waals surface area (Å²) in [6.07, 6.45) is 20.1. The van der Waals surface area contributed by atoms with Crippen molar-refractivity contribution in [3.05, 3.63) is 94.4 Å². The number of benzene rings is 2. The number of phenolic OH excluding ortho intramolecular Hbond substituents is 1. The van der Waals surface area contributed by atoms with E-state index in [4.69, 9.17) is 0 Å². The van der Waals surface area contributed by atoms with Gasteiger partial charge >= 0.3 is 0 Å². The van der Waals surface area contributed by atoms with Crippen LogP contribution in [-0.4, -0.2) is 16.3 Å². The van der Waals surface area contributed by atoms with Crippen molar-refractivity contribution in [2.24, 2.45) is 11.8 Å². The first-order valence-electron chi connectivity index (χ1n) is 15.8. The van der Waals surface area contributed by atoms with Crippen LogP contribution >= 0.6 is 0 Å². The van der Waals surface area contributed by atoms with Crippen molar-refractivity contribution >= 4 is 11.6 Å². The third-order valence-electron chi connectivity index (χ3n) is 9.18. The van der Waals surface area contributed by atoms with Crippen LogP contribution in [0.1, 0.15) is 115 Å². The lowest BCUT2D eigenvalue weighted by atomic mass is 9.79. The largest absolute Gasteiger partial charge is 0.508 e. The fraction of sp³-hybridized carbons (Fsp3) is 0.500. The van der Waals surface area contributed by atoms with Gasteiger partial charge in [0, 0.05) is 5.92 Å². The minimum Gasteiger partial charge on any atom is -0.508 e. The smallest absolute Gasteiger partial charge is 0.115 e. The van der Waals surface area contributed by atoms with Crippen molar-refractivity contribution in [1.82, 2.24) is 0 Å². The molecule has 0 aromatic heterocycles. The van der Waals surface area contributed by atoms with E-state index in [9.17, 15) is 10.2 Å². The van der Waals surface area contributed by atoms with E-state index >= 15 is 0 Å². The molecule has 0 atom stereocenters. The van der Waals surface area contributed by atoms with Crippen LogP contribution in [0.5, 0.6) is 5.75 Å². The minimum absolute atomic E-state index is 0.109. The van der Waals surface area contributed by atoms with E-state index in [1.54, 1.807) is 12.1 Å². The zero-order valence-corrected chi connectivity index (χ0v) is 25.2. The summed E-state index contributed by atoms with van der Waals surface area (Å²) in [7, 11) is 0. The Morgan fingerprint density at radius 2 is 1.43 bits per heavy atom. The Bertz CT molecular complexity index is 1120. The maximum absolute atomic E-state index is 9.98. The van der Waals surface area contributed by atoms with Crippen LogP contribution in [-0.2, 0) is 0 Å². The van der Waals surface area contributed by atoms with Crippen LogP contribution in [0, 0.1) is 17.8 Å². The van der Waals surface area contributed by atoms with Crippen molar-refractivity contribution in [3.63, 3.8) is 0 Å². The summed E-state index contributed by atoms with van der Waals surface area (Å²) in [6.45, 7) is 6.92. The van der Waals surface area contributed by atoms with E-state index in [0.29, 0.717) is 11.7 Å². The summed E-state index contributed by atoms with van der Waals surface area (Å²) >= 11 is 0. The second kappa shape index (κ2) is 15.4. The van der Waals surface area contributed by atoms with Crippen molar-refractivity contribution in [2.75, 3.05) is 0 Å². The number of aromatic hydroxyl groups is 1. The van der Waals surface area contributed by atoms with E-state index in [-0.39, 0.29) is 6.10 Å². The highest BCUT2D eigenvalue weighted by molar-refractivity contribution is 5.71. The normalized spacial score (nSPS) is 21.9. The molecule has 2 aromatic carbocycles. The molecule has 1 radical (unpaired) electrons. The van der Waals surface area contributed by atoms with E-state index in [1.165, 1.54) is 72.3 Å². The Morgan fingerprint density at radius 3 is 2.10 bits per heavy atom. The Balaban J connectivity index is 1.62. The van der Waals surface area contributed by atoms with Crippen LogP contribution in [0.15, 0.2) is 77.4 Å². The second-order valence-electron chi connectivity index (χ2n) is 12.6. The first kappa shape index (κ1) is 30.4. The van der Waals surface area contributed by atoms with Gasteiger partial charge in [0.1, 0.15) is 5.75 Å². The van der Waals surface area contributed by atoms with Gasteiger partial charge in [0.15, 0.2) is 0 Å². The molecular formula is C38H51O2. The summed E-state index contributed by atoms with van der Waals surface area (Å²) in [4.78, 5) is 0. The van der Waals surface area contributed by atoms with Crippen molar-refractivity contribution < 1.29 is 10.2 Å². The van der Waals surface area contributed by atoms with E-state index in [2.05, 4.69) is 63.3 Å². The summed E-state index contributed by atoms with van der Waals surface area (Å²) in [5.41, 5.74) is 8.28. The molecule has 0 unspecified atom stereocenters. The maximum Gasteiger partial charge on any atom is 0.115 e. The number of aliphatic hydroxyl groups is 1. The average molecular weight is 540 g/mol. The van der Waals surface area contributed by atoms with Gasteiger partial charge in [-0.25, -0.2) is 0 Å². The summed E-state index contributed by atoms with van der Waals surface area (Å²) in [5, 5.41) is 19.7. The zero-order valence-electron chi connectivity index (χ0n) is 25.2. The van der Waals surface area contributed by atoms with E-state index < -0.39 is 0 Å². The first-order chi connectivity index (χ1) is 19.4. The SMILES string of the molecule is C/C(=C\c1ccc(O)cc1)C[C](C/C(C)=C/[C@H]1CC[C@H](O)CC1)/C(C)=C(\CCC1CCCCC1)c1ccccc1. The minimum atomic E-state index is -0.109. The highest BCUT2D eigenvalue weighted by Crippen LogP contribution is 2.39. The molecule has 0 amide bonds. The molecule has 0 aliphatic heterocycles. The third kappa shape index (κ3) is 9.51. The van der Waals surface area contributed by atoms with Crippen molar-refractivity contribution in [1.29, 1.82) is 0 Å². The molecular weight excluding hydrogens is 488 g/mol. The van der Waals surface area contributed by atoms with Gasteiger partial charge in [-0.2, -0.15) is 0 Å². The molecule has 2 aliphatic rings. The molecule has 2 aromatic rings. The molecule has 0 spiro atoms. The summed E-state index contributed by atoms with van der Waals surface area (Å²) < 4.78 is 0. The number of allylic oxidation sites excluding steroid dienone is 5. The van der Waals surface area contributed by atoms with Gasteiger partial charge in [0.05, 0.1) is 6.10 Å². The predicted molar refractivity (Wildman–Crippen MR) is 171 cm³/mol. The molecule has 4 rings (SSSR count). The number of phenols is 1. The Labute approximate surface area is 243 Å². The van der Waals surface area contributed by atoms with Crippen LogP contribution in [0.25, 0.3) is 11.6 Å². The molecule has 2 heteroatoms. The Kier molecular flexibility index (Phi) is 11.7. The highest BCUT2D eigenvalue weighted by Gasteiger charge is 2.22. The van der Waals surface area contributed by atoms with Gasteiger partial charge in [-0.3, -0.25) is 0 Å². The first-order valence-corrected chi connectivity index (χ1v) is 15.8. The van der Waals surface area contributed by atoms with E-state index in [0.717, 1.165) is 56.4 Å². The highest BCUT2D eigenvalue weighted by atomic mass is 16.3. The molecule has 215 valence electrons. The molecule has 2 saturated carbocycles. The molecule has 0 heterocycles. The van der Waals surface area contributed by atoms with Crippen LogP contribution in [0.3, 0.4) is 0 Å². The number of aliphatic hydroxyl groups excluding tert-OH is 1. The Morgan fingerprint density at radius 1 is 0.775 bits per heavy atom. The zero-order chi connectivity index (χ0) is 28.3. The fourth-order valence-electron chi connectivity index (χ4n) is 6.86. The van der Waals surface area contributed by atoms with E-state index in [1.807, 2.05) is 12.1 Å². The quantitative estimate of drug-likeness (QED) is 0.279. The number of hydrogen-bond acceptors (Lipinski definition) is 2. The molecule has 2 N–H and O–H groups in total. The monoisotopic (exact) mass is 539 g/mol. The molecule has 2 nitrogen and oxygen atoms in total. The molecule has 0 saturated heterocycles. The van der Waals surface area contributed by atoms with Gasteiger partial charge in [-0.05, 0) is 113 Å². The van der Waals surface area contributed by atoms with Crippen LogP contribution < -0.4 is 0 Å². The summed E-state index contributed by atoms with van der Waals surface area (Å²) in [5.74, 6) is 3.27. The second-order valence-corrected chi connectivity index (χ2v) is 12.6. The molecule has 2 fully saturated rings. The molecule has 2 aliphatic carbocycles. The molecule has 0 bridgehead atoms. The van der Waals surface area contributed by atoms with Gasteiger partial charge in [0.2, 0.25) is 0 Å². The number of hydrogen-bond donors (Lipinski definition) is 2. The third-order valence-corrected chi connectivity index (χ3v) is 9.18. The summed E-state index contributed by atoms with van der Waals surface area (Å²) in [6, 6.07) is 18.6. The van der Waals surface area contributed by atoms with Gasteiger partial charge in [0.25, 0.3) is 0 Å². The molecule has 40 heavy (non-hydrogen) atoms. The van der Waals surface area contributed by atoms with Gasteiger partial charge in [-0.15, -0.1) is 0 Å². The lowest BCUT2D eigenvalue weighted by Gasteiger charge is -2.27. The lowest BCUT2D eigenvalue weighted by Crippen LogP contribution is -2.17. The van der Waals surface area contributed by atoms with Gasteiger partial charge < -0.3 is 10.2 Å². The Hall–Kier alpha value is -2.58. The van der Waals surface area contributed by atoms with Crippen LogP contribution in [0.4, 0.5) is 0 Å². The maximum atomic E-state index is 9.98. The number of rotatable bonds is 11. The van der Waals surface area contributed by atoms with Crippen molar-refractivity contribution in [2.45, 2.75) is 110 Å². The fourth-order valence-corrected chi connectivity index (χ4v) is 6.86. The van der Waals surface area contributed by atoms with Crippen molar-refractivity contribution in [3.8, 4) is 5.75 Å². The average Bonchev–Trinajstić information content (AvgIpc) is 2.96. The van der Waals surface area contributed by atoms with Crippen LogP contribution in [0.2, 0.25) is 0 Å².